The zero-order valence-corrected chi connectivity index (χ0v) is 15.8. The van der Waals surface area contributed by atoms with Gasteiger partial charge in [0, 0.05) is 17.6 Å². The molecule has 120 valence electrons. The third-order valence-corrected chi connectivity index (χ3v) is 4.12. The standard InChI is InChI=1S/C13H16BrNO.C3H8.C2H6/c1-10-6-5-7-11(12(10)14)13(16)15-8-3-2-4-9-15;1-3-2;1-2/h5-7H,2-4,8-9H2,1H3;3H2,1-2H3;1-2H3. The van der Waals surface area contributed by atoms with Gasteiger partial charge in [-0.2, -0.15) is 0 Å². The Balaban J connectivity index is 0.000000713. The third kappa shape index (κ3) is 6.64. The summed E-state index contributed by atoms with van der Waals surface area (Å²) in [6, 6.07) is 5.85. The normalized spacial score (nSPS) is 13.5. The third-order valence-electron chi connectivity index (χ3n) is 3.07. The summed E-state index contributed by atoms with van der Waals surface area (Å²) < 4.78 is 0.936. The van der Waals surface area contributed by atoms with Crippen molar-refractivity contribution in [2.24, 2.45) is 0 Å². The molecule has 0 radical (unpaired) electrons. The molecule has 0 aromatic heterocycles. The van der Waals surface area contributed by atoms with E-state index in [1.54, 1.807) is 0 Å². The molecule has 1 aliphatic heterocycles. The highest BCUT2D eigenvalue weighted by molar-refractivity contribution is 9.10. The highest BCUT2D eigenvalue weighted by Crippen LogP contribution is 2.23. The first kappa shape index (κ1) is 20.2. The minimum Gasteiger partial charge on any atom is -0.339 e. The van der Waals surface area contributed by atoms with Crippen molar-refractivity contribution in [2.75, 3.05) is 13.1 Å². The Labute approximate surface area is 139 Å². The van der Waals surface area contributed by atoms with Gasteiger partial charge in [-0.05, 0) is 53.7 Å². The molecule has 3 heteroatoms. The summed E-state index contributed by atoms with van der Waals surface area (Å²) in [5.74, 6) is 0.162. The lowest BCUT2D eigenvalue weighted by Crippen LogP contribution is -2.35. The van der Waals surface area contributed by atoms with Gasteiger partial charge >= 0.3 is 0 Å². The number of hydrogen-bond donors (Lipinski definition) is 0. The van der Waals surface area contributed by atoms with Crippen LogP contribution in [0, 0.1) is 6.92 Å². The molecular weight excluding hydrogens is 326 g/mol. The molecule has 2 rings (SSSR count). The number of aryl methyl sites for hydroxylation is 1. The molecule has 1 aromatic rings. The van der Waals surface area contributed by atoms with Gasteiger partial charge in [0.2, 0.25) is 0 Å². The van der Waals surface area contributed by atoms with Crippen molar-refractivity contribution in [1.82, 2.24) is 4.90 Å². The van der Waals surface area contributed by atoms with Gasteiger partial charge < -0.3 is 4.90 Å². The summed E-state index contributed by atoms with van der Waals surface area (Å²) >= 11 is 3.50. The zero-order chi connectivity index (χ0) is 16.3. The first-order valence-corrected chi connectivity index (χ1v) is 8.95. The molecule has 1 amide bonds. The average molecular weight is 356 g/mol. The fourth-order valence-electron chi connectivity index (χ4n) is 2.08. The van der Waals surface area contributed by atoms with E-state index in [4.69, 9.17) is 0 Å². The summed E-state index contributed by atoms with van der Waals surface area (Å²) in [6.07, 6.45) is 4.77. The fourth-order valence-corrected chi connectivity index (χ4v) is 2.51. The van der Waals surface area contributed by atoms with E-state index in [1.807, 2.05) is 43.9 Å². The SMILES string of the molecule is CC.CCC.Cc1cccc(C(=O)N2CCCCC2)c1Br. The number of halogens is 1. The van der Waals surface area contributed by atoms with E-state index in [1.165, 1.54) is 12.8 Å². The molecule has 2 nitrogen and oxygen atoms in total. The van der Waals surface area contributed by atoms with E-state index in [9.17, 15) is 4.79 Å². The molecule has 0 N–H and O–H groups in total. The molecule has 21 heavy (non-hydrogen) atoms. The van der Waals surface area contributed by atoms with Crippen LogP contribution in [-0.4, -0.2) is 23.9 Å². The number of nitrogens with zero attached hydrogens (tertiary/aromatic N) is 1. The molecule has 1 aliphatic rings. The van der Waals surface area contributed by atoms with E-state index < -0.39 is 0 Å². The second-order valence-corrected chi connectivity index (χ2v) is 5.79. The lowest BCUT2D eigenvalue weighted by molar-refractivity contribution is 0.0723. The Bertz CT molecular complexity index is 412. The minimum atomic E-state index is 0.162. The van der Waals surface area contributed by atoms with Gasteiger partial charge in [-0.25, -0.2) is 0 Å². The van der Waals surface area contributed by atoms with Crippen molar-refractivity contribution in [2.45, 2.75) is 60.3 Å². The number of carbonyl (C=O) groups is 1. The van der Waals surface area contributed by atoms with Gasteiger partial charge in [0.05, 0.1) is 5.56 Å². The fraction of sp³-hybridized carbons (Fsp3) is 0.611. The molecule has 0 unspecified atom stereocenters. The van der Waals surface area contributed by atoms with Crippen LogP contribution in [0.1, 0.15) is 69.3 Å². The van der Waals surface area contributed by atoms with E-state index in [0.29, 0.717) is 0 Å². The topological polar surface area (TPSA) is 20.3 Å². The molecular formula is C18H30BrNO. The van der Waals surface area contributed by atoms with E-state index in [0.717, 1.165) is 41.5 Å². The van der Waals surface area contributed by atoms with Crippen LogP contribution in [0.25, 0.3) is 0 Å². The first-order chi connectivity index (χ1) is 10.1. The molecule has 1 saturated heterocycles. The van der Waals surface area contributed by atoms with Crippen LogP contribution in [0.3, 0.4) is 0 Å². The number of piperidine rings is 1. The Hall–Kier alpha value is -0.830. The molecule has 1 aromatic carbocycles. The van der Waals surface area contributed by atoms with E-state index in [-0.39, 0.29) is 5.91 Å². The van der Waals surface area contributed by atoms with E-state index >= 15 is 0 Å². The molecule has 0 spiro atoms. The summed E-state index contributed by atoms with van der Waals surface area (Å²) in [4.78, 5) is 14.2. The first-order valence-electron chi connectivity index (χ1n) is 8.16. The second-order valence-electron chi connectivity index (χ2n) is 5.00. The zero-order valence-electron chi connectivity index (χ0n) is 14.2. The quantitative estimate of drug-likeness (QED) is 0.620. The number of rotatable bonds is 1. The van der Waals surface area contributed by atoms with Crippen molar-refractivity contribution in [3.63, 3.8) is 0 Å². The number of carbonyl (C=O) groups excluding carboxylic acids is 1. The second kappa shape index (κ2) is 11.8. The van der Waals surface area contributed by atoms with Crippen molar-refractivity contribution in [3.05, 3.63) is 33.8 Å². The number of hydrogen-bond acceptors (Lipinski definition) is 1. The van der Waals surface area contributed by atoms with Crippen LogP contribution < -0.4 is 0 Å². The van der Waals surface area contributed by atoms with Crippen molar-refractivity contribution >= 4 is 21.8 Å². The van der Waals surface area contributed by atoms with Crippen LogP contribution in [0.2, 0.25) is 0 Å². The number of amides is 1. The molecule has 0 atom stereocenters. The van der Waals surface area contributed by atoms with Crippen LogP contribution in [0.15, 0.2) is 22.7 Å². The van der Waals surface area contributed by atoms with Gasteiger partial charge in [-0.15, -0.1) is 0 Å². The average Bonchev–Trinajstić information content (AvgIpc) is 2.53. The molecule has 0 saturated carbocycles. The summed E-state index contributed by atoms with van der Waals surface area (Å²) in [5.41, 5.74) is 1.91. The maximum atomic E-state index is 12.3. The maximum absolute atomic E-state index is 12.3. The monoisotopic (exact) mass is 355 g/mol. The maximum Gasteiger partial charge on any atom is 0.255 e. The number of likely N-dealkylation sites (tertiary alicyclic amines) is 1. The van der Waals surface area contributed by atoms with Gasteiger partial charge in [0.25, 0.3) is 5.91 Å². The molecule has 1 fully saturated rings. The van der Waals surface area contributed by atoms with Crippen molar-refractivity contribution in [3.8, 4) is 0 Å². The van der Waals surface area contributed by atoms with Gasteiger partial charge in [0.1, 0.15) is 0 Å². The lowest BCUT2D eigenvalue weighted by atomic mass is 10.1. The van der Waals surface area contributed by atoms with Gasteiger partial charge in [0.15, 0.2) is 0 Å². The van der Waals surface area contributed by atoms with E-state index in [2.05, 4.69) is 29.8 Å². The largest absolute Gasteiger partial charge is 0.339 e. The summed E-state index contributed by atoms with van der Waals surface area (Å²) in [7, 11) is 0. The minimum absolute atomic E-state index is 0.162. The van der Waals surface area contributed by atoms with Crippen LogP contribution in [0.4, 0.5) is 0 Å². The Morgan fingerprint density at radius 1 is 1.14 bits per heavy atom. The van der Waals surface area contributed by atoms with Crippen LogP contribution >= 0.6 is 15.9 Å². The highest BCUT2D eigenvalue weighted by Gasteiger charge is 2.20. The molecule has 1 heterocycles. The van der Waals surface area contributed by atoms with Crippen molar-refractivity contribution < 1.29 is 4.79 Å². The lowest BCUT2D eigenvalue weighted by Gasteiger charge is -2.27. The van der Waals surface area contributed by atoms with Crippen molar-refractivity contribution in [1.29, 1.82) is 0 Å². The Kier molecular flexibility index (Phi) is 11.3. The predicted octanol–water partition coefficient (Wildman–Crippen LogP) is 5.83. The summed E-state index contributed by atoms with van der Waals surface area (Å²) in [5, 5.41) is 0. The molecule has 0 bridgehead atoms. The predicted molar refractivity (Wildman–Crippen MR) is 95.9 cm³/mol. The van der Waals surface area contributed by atoms with Gasteiger partial charge in [-0.1, -0.05) is 46.2 Å². The highest BCUT2D eigenvalue weighted by atomic mass is 79.9. The smallest absolute Gasteiger partial charge is 0.255 e. The Morgan fingerprint density at radius 2 is 1.67 bits per heavy atom. The van der Waals surface area contributed by atoms with Crippen LogP contribution in [-0.2, 0) is 0 Å². The van der Waals surface area contributed by atoms with Gasteiger partial charge in [-0.3, -0.25) is 4.79 Å². The summed E-state index contributed by atoms with van der Waals surface area (Å²) in [6.45, 7) is 12.1. The van der Waals surface area contributed by atoms with Crippen LogP contribution in [0.5, 0.6) is 0 Å². The number of benzene rings is 1. The molecule has 0 aliphatic carbocycles. The Morgan fingerprint density at radius 3 is 2.19 bits per heavy atom.